The van der Waals surface area contributed by atoms with Gasteiger partial charge in [0.05, 0.1) is 18.2 Å². The van der Waals surface area contributed by atoms with Crippen LogP contribution in [0.25, 0.3) is 22.2 Å². The molecule has 1 aromatic heterocycles. The van der Waals surface area contributed by atoms with Crippen LogP contribution in [0.5, 0.6) is 0 Å². The van der Waals surface area contributed by atoms with Crippen molar-refractivity contribution in [2.75, 3.05) is 25.2 Å². The van der Waals surface area contributed by atoms with E-state index in [1.165, 1.54) is 11.8 Å². The molecule has 8 heteroatoms. The van der Waals surface area contributed by atoms with Crippen LogP contribution < -0.4 is 5.73 Å². The van der Waals surface area contributed by atoms with E-state index in [1.807, 2.05) is 18.2 Å². The van der Waals surface area contributed by atoms with Crippen molar-refractivity contribution in [1.82, 2.24) is 15.0 Å². The molecule has 0 saturated carbocycles. The van der Waals surface area contributed by atoms with Gasteiger partial charge < -0.3 is 15.2 Å². The summed E-state index contributed by atoms with van der Waals surface area (Å²) in [5.41, 5.74) is 8.96. The number of hydrogen-bond acceptors (Lipinski definition) is 7. The quantitative estimate of drug-likeness (QED) is 0.491. The number of hydrogen-bond donors (Lipinski definition) is 1. The normalized spacial score (nSPS) is 13.3. The molecule has 0 atom stereocenters. The molecule has 0 radical (unpaired) electrons. The summed E-state index contributed by atoms with van der Waals surface area (Å²) >= 11 is 8.16. The SMILES string of the molecule is COCCCSc1nc(N)nc(-c2c(Cl)cc3c4c(cccc24)COC3)n1. The molecular formula is C19H19ClN4O2S. The highest BCUT2D eigenvalue weighted by Crippen LogP contribution is 2.39. The third-order valence-electron chi connectivity index (χ3n) is 4.38. The molecule has 2 aromatic carbocycles. The summed E-state index contributed by atoms with van der Waals surface area (Å²) in [6, 6.07) is 8.05. The summed E-state index contributed by atoms with van der Waals surface area (Å²) in [4.78, 5) is 13.2. The number of aromatic nitrogens is 3. The van der Waals surface area contributed by atoms with Gasteiger partial charge in [-0.15, -0.1) is 0 Å². The first-order valence-electron chi connectivity index (χ1n) is 8.61. The van der Waals surface area contributed by atoms with Crippen LogP contribution in [0.4, 0.5) is 5.95 Å². The van der Waals surface area contributed by atoms with Gasteiger partial charge in [0.2, 0.25) is 5.95 Å². The van der Waals surface area contributed by atoms with Crippen LogP contribution in [0, 0.1) is 0 Å². The minimum Gasteiger partial charge on any atom is -0.385 e. The van der Waals surface area contributed by atoms with E-state index in [4.69, 9.17) is 26.8 Å². The summed E-state index contributed by atoms with van der Waals surface area (Å²) < 4.78 is 10.7. The molecule has 0 fully saturated rings. The molecule has 140 valence electrons. The minimum atomic E-state index is 0.189. The van der Waals surface area contributed by atoms with Gasteiger partial charge >= 0.3 is 0 Å². The third-order valence-corrected chi connectivity index (χ3v) is 5.61. The molecule has 0 bridgehead atoms. The summed E-state index contributed by atoms with van der Waals surface area (Å²) in [5.74, 6) is 1.53. The fraction of sp³-hybridized carbons (Fsp3) is 0.316. The Bertz CT molecular complexity index is 999. The molecule has 1 aliphatic heterocycles. The highest BCUT2D eigenvalue weighted by atomic mass is 35.5. The summed E-state index contributed by atoms with van der Waals surface area (Å²) in [5, 5.41) is 3.35. The van der Waals surface area contributed by atoms with E-state index in [1.54, 1.807) is 7.11 Å². The second-order valence-corrected chi connectivity index (χ2v) is 7.69. The summed E-state index contributed by atoms with van der Waals surface area (Å²) in [6.07, 6.45) is 0.907. The maximum atomic E-state index is 6.63. The molecule has 0 amide bonds. The Balaban J connectivity index is 1.80. The average molecular weight is 403 g/mol. The lowest BCUT2D eigenvalue weighted by Gasteiger charge is -2.20. The first-order chi connectivity index (χ1) is 13.2. The number of halogens is 1. The number of nitrogen functional groups attached to an aromatic ring is 1. The smallest absolute Gasteiger partial charge is 0.224 e. The van der Waals surface area contributed by atoms with Crippen LogP contribution in [0.3, 0.4) is 0 Å². The first-order valence-corrected chi connectivity index (χ1v) is 9.98. The van der Waals surface area contributed by atoms with E-state index in [0.29, 0.717) is 35.8 Å². The number of ether oxygens (including phenoxy) is 2. The van der Waals surface area contributed by atoms with Crippen LogP contribution in [-0.4, -0.2) is 34.4 Å². The Morgan fingerprint density at radius 1 is 1.22 bits per heavy atom. The second kappa shape index (κ2) is 7.98. The Labute approximate surface area is 166 Å². The lowest BCUT2D eigenvalue weighted by atomic mass is 9.94. The zero-order chi connectivity index (χ0) is 18.8. The fourth-order valence-electron chi connectivity index (χ4n) is 3.26. The molecule has 0 saturated heterocycles. The van der Waals surface area contributed by atoms with E-state index < -0.39 is 0 Å². The third kappa shape index (κ3) is 3.73. The van der Waals surface area contributed by atoms with Crippen molar-refractivity contribution < 1.29 is 9.47 Å². The molecule has 0 spiro atoms. The van der Waals surface area contributed by atoms with Crippen molar-refractivity contribution in [3.8, 4) is 11.4 Å². The van der Waals surface area contributed by atoms with Crippen molar-refractivity contribution >= 4 is 40.1 Å². The Kier molecular flexibility index (Phi) is 5.45. The van der Waals surface area contributed by atoms with Gasteiger partial charge in [0.25, 0.3) is 0 Å². The van der Waals surface area contributed by atoms with E-state index >= 15 is 0 Å². The van der Waals surface area contributed by atoms with Crippen LogP contribution in [0.2, 0.25) is 5.02 Å². The highest BCUT2D eigenvalue weighted by Gasteiger charge is 2.20. The maximum Gasteiger partial charge on any atom is 0.224 e. The monoisotopic (exact) mass is 402 g/mol. The van der Waals surface area contributed by atoms with Crippen LogP contribution in [0.15, 0.2) is 29.4 Å². The lowest BCUT2D eigenvalue weighted by Crippen LogP contribution is -2.07. The molecule has 2 heterocycles. The van der Waals surface area contributed by atoms with Crippen molar-refractivity contribution in [3.05, 3.63) is 40.4 Å². The number of benzene rings is 2. The highest BCUT2D eigenvalue weighted by molar-refractivity contribution is 7.99. The van der Waals surface area contributed by atoms with Gasteiger partial charge in [0.15, 0.2) is 11.0 Å². The van der Waals surface area contributed by atoms with Gasteiger partial charge in [-0.25, -0.2) is 4.98 Å². The van der Waals surface area contributed by atoms with Crippen LogP contribution >= 0.6 is 23.4 Å². The van der Waals surface area contributed by atoms with E-state index in [-0.39, 0.29) is 5.95 Å². The predicted molar refractivity (Wildman–Crippen MR) is 108 cm³/mol. The minimum absolute atomic E-state index is 0.189. The Morgan fingerprint density at radius 3 is 2.93 bits per heavy atom. The number of methoxy groups -OCH3 is 1. The lowest BCUT2D eigenvalue weighted by molar-refractivity contribution is 0.103. The van der Waals surface area contributed by atoms with Crippen molar-refractivity contribution in [2.24, 2.45) is 0 Å². The van der Waals surface area contributed by atoms with E-state index in [9.17, 15) is 0 Å². The molecule has 2 N–H and O–H groups in total. The second-order valence-electron chi connectivity index (χ2n) is 6.22. The number of rotatable bonds is 6. The van der Waals surface area contributed by atoms with Crippen molar-refractivity contribution in [1.29, 1.82) is 0 Å². The predicted octanol–water partition coefficient (Wildman–Crippen LogP) is 4.09. The van der Waals surface area contributed by atoms with Gasteiger partial charge in [0.1, 0.15) is 0 Å². The molecule has 0 aliphatic carbocycles. The number of nitrogens with zero attached hydrogens (tertiary/aromatic N) is 3. The average Bonchev–Trinajstić information content (AvgIpc) is 2.65. The van der Waals surface area contributed by atoms with Crippen LogP contribution in [-0.2, 0) is 22.7 Å². The summed E-state index contributed by atoms with van der Waals surface area (Å²) in [7, 11) is 1.69. The molecule has 27 heavy (non-hydrogen) atoms. The standard InChI is InChI=1S/C19H19ClN4O2S/c1-25-6-3-7-27-19-23-17(22-18(21)24-19)16-13-5-2-4-11-9-26-10-12(15(11)13)8-14(16)20/h2,4-5,8H,3,6-7,9-10H2,1H3,(H2,21,22,23,24). The fourth-order valence-corrected chi connectivity index (χ4v) is 4.33. The zero-order valence-corrected chi connectivity index (χ0v) is 16.4. The number of anilines is 1. The van der Waals surface area contributed by atoms with Gasteiger partial charge in [0, 0.05) is 25.0 Å². The van der Waals surface area contributed by atoms with Gasteiger partial charge in [-0.2, -0.15) is 9.97 Å². The maximum absolute atomic E-state index is 6.63. The van der Waals surface area contributed by atoms with Gasteiger partial charge in [-0.3, -0.25) is 0 Å². The van der Waals surface area contributed by atoms with Gasteiger partial charge in [-0.1, -0.05) is 41.6 Å². The molecule has 4 rings (SSSR count). The zero-order valence-electron chi connectivity index (χ0n) is 14.9. The van der Waals surface area contributed by atoms with Gasteiger partial charge in [-0.05, 0) is 34.4 Å². The number of thioether (sulfide) groups is 1. The first kappa shape index (κ1) is 18.4. The molecule has 3 aromatic rings. The topological polar surface area (TPSA) is 83.2 Å². The van der Waals surface area contributed by atoms with Crippen molar-refractivity contribution in [2.45, 2.75) is 24.8 Å². The molecular weight excluding hydrogens is 384 g/mol. The molecule has 6 nitrogen and oxygen atoms in total. The Morgan fingerprint density at radius 2 is 2.07 bits per heavy atom. The van der Waals surface area contributed by atoms with Crippen molar-refractivity contribution in [3.63, 3.8) is 0 Å². The summed E-state index contributed by atoms with van der Waals surface area (Å²) in [6.45, 7) is 1.84. The Hall–Kier alpha value is -1.93. The largest absolute Gasteiger partial charge is 0.385 e. The van der Waals surface area contributed by atoms with E-state index in [0.717, 1.165) is 39.6 Å². The van der Waals surface area contributed by atoms with Crippen LogP contribution in [0.1, 0.15) is 17.5 Å². The van der Waals surface area contributed by atoms with E-state index in [2.05, 4.69) is 21.0 Å². The number of nitrogens with two attached hydrogens (primary N) is 1. The molecule has 1 aliphatic rings. The molecule has 0 unspecified atom stereocenters.